The summed E-state index contributed by atoms with van der Waals surface area (Å²) in [5, 5.41) is 3.31. The maximum absolute atomic E-state index is 13.6. The van der Waals surface area contributed by atoms with Gasteiger partial charge in [0, 0.05) is 39.3 Å². The van der Waals surface area contributed by atoms with Crippen molar-refractivity contribution >= 4 is 27.4 Å². The van der Waals surface area contributed by atoms with Crippen LogP contribution in [0.25, 0.3) is 0 Å². The zero-order valence-corrected chi connectivity index (χ0v) is 21.8. The lowest BCUT2D eigenvalue weighted by molar-refractivity contribution is 0.0755. The second-order valence-electron chi connectivity index (χ2n) is 8.93. The van der Waals surface area contributed by atoms with Crippen molar-refractivity contribution in [1.82, 2.24) is 15.2 Å². The van der Waals surface area contributed by atoms with Crippen LogP contribution < -0.4 is 14.9 Å². The van der Waals surface area contributed by atoms with E-state index in [1.807, 2.05) is 38.7 Å². The number of amides is 1. The van der Waals surface area contributed by atoms with Crippen molar-refractivity contribution in [1.29, 1.82) is 0 Å². The van der Waals surface area contributed by atoms with Crippen LogP contribution in [-0.4, -0.2) is 63.5 Å². The van der Waals surface area contributed by atoms with Gasteiger partial charge in [0.2, 0.25) is 0 Å². The topological polar surface area (TPSA) is 94.6 Å². The Morgan fingerprint density at radius 3 is 2.26 bits per heavy atom. The molecule has 3 rings (SSSR count). The number of anilines is 2. The average Bonchev–Trinajstić information content (AvgIpc) is 2.81. The van der Waals surface area contributed by atoms with Crippen LogP contribution in [-0.2, 0) is 10.0 Å². The van der Waals surface area contributed by atoms with Gasteiger partial charge in [0.25, 0.3) is 15.9 Å². The monoisotopic (exact) mass is 487 g/mol. The summed E-state index contributed by atoms with van der Waals surface area (Å²) in [6, 6.07) is 5.20. The molecule has 1 aromatic carbocycles. The van der Waals surface area contributed by atoms with Gasteiger partial charge in [0.05, 0.1) is 22.3 Å². The summed E-state index contributed by atoms with van der Waals surface area (Å²) < 4.78 is 29.1. The van der Waals surface area contributed by atoms with Gasteiger partial charge in [-0.25, -0.2) is 13.4 Å². The number of sulfonamides is 1. The molecule has 1 fully saturated rings. The van der Waals surface area contributed by atoms with Crippen molar-refractivity contribution in [3.8, 4) is 0 Å². The highest BCUT2D eigenvalue weighted by atomic mass is 32.2. The molecule has 2 aromatic rings. The van der Waals surface area contributed by atoms with Gasteiger partial charge in [-0.2, -0.15) is 0 Å². The summed E-state index contributed by atoms with van der Waals surface area (Å²) in [5.74, 6) is 0.488. The second kappa shape index (κ2) is 11.2. The lowest BCUT2D eigenvalue weighted by atomic mass is 10.1. The molecule has 0 unspecified atom stereocenters. The predicted octanol–water partition coefficient (Wildman–Crippen LogP) is 3.48. The van der Waals surface area contributed by atoms with Crippen LogP contribution in [0.15, 0.2) is 29.3 Å². The van der Waals surface area contributed by atoms with Gasteiger partial charge in [-0.1, -0.05) is 19.9 Å². The number of carbonyl (C=O) groups is 1. The molecule has 1 aliphatic rings. The molecular formula is C25H37N5O3S. The van der Waals surface area contributed by atoms with Crippen molar-refractivity contribution < 1.29 is 13.2 Å². The van der Waals surface area contributed by atoms with E-state index < -0.39 is 10.0 Å². The number of nitrogens with zero attached hydrogens (tertiary/aromatic N) is 3. The molecule has 34 heavy (non-hydrogen) atoms. The molecular weight excluding hydrogens is 450 g/mol. The lowest BCUT2D eigenvalue weighted by Crippen LogP contribution is -2.45. The molecule has 1 aromatic heterocycles. The molecule has 1 amide bonds. The number of pyridine rings is 1. The van der Waals surface area contributed by atoms with E-state index in [0.29, 0.717) is 30.0 Å². The second-order valence-corrected chi connectivity index (χ2v) is 10.6. The van der Waals surface area contributed by atoms with Crippen molar-refractivity contribution in [2.75, 3.05) is 48.9 Å². The zero-order chi connectivity index (χ0) is 24.9. The third-order valence-corrected chi connectivity index (χ3v) is 7.64. The largest absolute Gasteiger partial charge is 0.353 e. The maximum atomic E-state index is 13.6. The van der Waals surface area contributed by atoms with Gasteiger partial charge in [-0.15, -0.1) is 0 Å². The first-order chi connectivity index (χ1) is 16.2. The van der Waals surface area contributed by atoms with Crippen LogP contribution in [0, 0.1) is 20.8 Å². The Hall–Kier alpha value is -2.65. The minimum atomic E-state index is -3.84. The molecule has 0 radical (unpaired) electrons. The fourth-order valence-electron chi connectivity index (χ4n) is 4.26. The number of hydrogen-bond acceptors (Lipinski definition) is 6. The third kappa shape index (κ3) is 5.88. The van der Waals surface area contributed by atoms with E-state index >= 15 is 0 Å². The average molecular weight is 488 g/mol. The summed E-state index contributed by atoms with van der Waals surface area (Å²) in [7, 11) is -3.84. The van der Waals surface area contributed by atoms with E-state index in [4.69, 9.17) is 0 Å². The molecule has 186 valence electrons. The standard InChI is InChI=1S/C25H37N5O3S/c1-6-10-30(11-7-2)25(31)22-16-21(17-27-24(22)29-12-8-26-9-13-29)28-34(32,33)23-15-19(4)18(3)14-20(23)5/h14-17,26,28H,6-13H2,1-5H3. The van der Waals surface area contributed by atoms with E-state index in [2.05, 4.69) is 19.9 Å². The summed E-state index contributed by atoms with van der Waals surface area (Å²) in [5.41, 5.74) is 3.34. The van der Waals surface area contributed by atoms with E-state index in [9.17, 15) is 13.2 Å². The molecule has 1 aliphatic heterocycles. The number of carbonyl (C=O) groups excluding carboxylic acids is 1. The molecule has 8 nitrogen and oxygen atoms in total. The molecule has 0 bridgehead atoms. The Morgan fingerprint density at radius 2 is 1.65 bits per heavy atom. The Morgan fingerprint density at radius 1 is 1.03 bits per heavy atom. The van der Waals surface area contributed by atoms with Crippen molar-refractivity contribution in [3.63, 3.8) is 0 Å². The van der Waals surface area contributed by atoms with E-state index in [1.54, 1.807) is 19.1 Å². The highest BCUT2D eigenvalue weighted by molar-refractivity contribution is 7.92. The fourth-order valence-corrected chi connectivity index (χ4v) is 5.60. The first-order valence-electron chi connectivity index (χ1n) is 12.0. The molecule has 0 spiro atoms. The Bertz CT molecular complexity index is 1120. The Kier molecular flexibility index (Phi) is 8.54. The van der Waals surface area contributed by atoms with E-state index in [0.717, 1.165) is 50.1 Å². The van der Waals surface area contributed by atoms with E-state index in [-0.39, 0.29) is 16.5 Å². The highest BCUT2D eigenvalue weighted by Gasteiger charge is 2.25. The Balaban J connectivity index is 2.01. The molecule has 1 saturated heterocycles. The highest BCUT2D eigenvalue weighted by Crippen LogP contribution is 2.27. The first kappa shape index (κ1) is 26.0. The van der Waals surface area contributed by atoms with Crippen molar-refractivity contribution in [2.24, 2.45) is 0 Å². The smallest absolute Gasteiger partial charge is 0.262 e. The first-order valence-corrected chi connectivity index (χ1v) is 13.5. The van der Waals surface area contributed by atoms with Crippen LogP contribution in [0.2, 0.25) is 0 Å². The van der Waals surface area contributed by atoms with Gasteiger partial charge in [-0.05, 0) is 62.4 Å². The predicted molar refractivity (Wildman–Crippen MR) is 137 cm³/mol. The van der Waals surface area contributed by atoms with Crippen LogP contribution >= 0.6 is 0 Å². The lowest BCUT2D eigenvalue weighted by Gasteiger charge is -2.31. The summed E-state index contributed by atoms with van der Waals surface area (Å²) >= 11 is 0. The maximum Gasteiger partial charge on any atom is 0.262 e. The number of aryl methyl sites for hydroxylation is 3. The van der Waals surface area contributed by atoms with Crippen LogP contribution in [0.4, 0.5) is 11.5 Å². The number of benzene rings is 1. The number of nitrogens with one attached hydrogen (secondary N) is 2. The van der Waals surface area contributed by atoms with Crippen LogP contribution in [0.5, 0.6) is 0 Å². The van der Waals surface area contributed by atoms with Crippen LogP contribution in [0.3, 0.4) is 0 Å². The van der Waals surface area contributed by atoms with Gasteiger partial charge in [0.15, 0.2) is 0 Å². The van der Waals surface area contributed by atoms with Gasteiger partial charge >= 0.3 is 0 Å². The SMILES string of the molecule is CCCN(CCC)C(=O)c1cc(NS(=O)(=O)c2cc(C)c(C)cc2C)cnc1N1CCNCC1. The molecule has 9 heteroatoms. The van der Waals surface area contributed by atoms with E-state index in [1.165, 1.54) is 6.20 Å². The number of aromatic nitrogens is 1. The Labute approximate surface area is 203 Å². The molecule has 2 heterocycles. The van der Waals surface area contributed by atoms with Crippen molar-refractivity contribution in [3.05, 3.63) is 46.6 Å². The normalized spacial score (nSPS) is 14.2. The van der Waals surface area contributed by atoms with Crippen molar-refractivity contribution in [2.45, 2.75) is 52.4 Å². The van der Waals surface area contributed by atoms with Gasteiger partial charge in [0.1, 0.15) is 5.82 Å². The quantitative estimate of drug-likeness (QED) is 0.562. The zero-order valence-electron chi connectivity index (χ0n) is 20.9. The summed E-state index contributed by atoms with van der Waals surface area (Å²) in [6.07, 6.45) is 3.20. The van der Waals surface area contributed by atoms with Crippen LogP contribution in [0.1, 0.15) is 53.7 Å². The minimum Gasteiger partial charge on any atom is -0.353 e. The summed E-state index contributed by atoms with van der Waals surface area (Å²) in [6.45, 7) is 14.1. The number of piperazine rings is 1. The molecule has 0 saturated carbocycles. The minimum absolute atomic E-state index is 0.117. The third-order valence-electron chi connectivity index (χ3n) is 6.12. The molecule has 0 aliphatic carbocycles. The van der Waals surface area contributed by atoms with Gasteiger partial charge < -0.3 is 15.1 Å². The number of hydrogen-bond donors (Lipinski definition) is 2. The summed E-state index contributed by atoms with van der Waals surface area (Å²) in [4.78, 5) is 22.3. The fraction of sp³-hybridized carbons (Fsp3) is 0.520. The number of rotatable bonds is 9. The molecule has 0 atom stereocenters. The van der Waals surface area contributed by atoms with Gasteiger partial charge in [-0.3, -0.25) is 9.52 Å². The molecule has 2 N–H and O–H groups in total.